The van der Waals surface area contributed by atoms with E-state index in [2.05, 4.69) is 25.1 Å². The van der Waals surface area contributed by atoms with Gasteiger partial charge in [-0.1, -0.05) is 11.6 Å². The predicted octanol–water partition coefficient (Wildman–Crippen LogP) is 2.99. The van der Waals surface area contributed by atoms with Crippen molar-refractivity contribution in [2.75, 3.05) is 29.8 Å². The fourth-order valence-electron chi connectivity index (χ4n) is 4.02. The van der Waals surface area contributed by atoms with E-state index in [0.29, 0.717) is 35.3 Å². The summed E-state index contributed by atoms with van der Waals surface area (Å²) in [5.41, 5.74) is 0.300. The average Bonchev–Trinajstić information content (AvgIpc) is 3.47. The first-order valence-electron chi connectivity index (χ1n) is 10.3. The second-order valence-electron chi connectivity index (χ2n) is 7.87. The Morgan fingerprint density at radius 3 is 2.71 bits per heavy atom. The number of nitrogens with zero attached hydrogens (tertiary/aromatic N) is 6. The number of hydrogen-bond donors (Lipinski definition) is 0. The first kappa shape index (κ1) is 23.5. The van der Waals surface area contributed by atoms with Crippen LogP contribution >= 0.6 is 22.9 Å². The number of fused-ring (bicyclic) bond motifs is 2. The summed E-state index contributed by atoms with van der Waals surface area (Å²) in [4.78, 5) is 10.8. The van der Waals surface area contributed by atoms with Gasteiger partial charge in [0, 0.05) is 24.8 Å². The van der Waals surface area contributed by atoms with Gasteiger partial charge in [0.25, 0.3) is 11.8 Å². The van der Waals surface area contributed by atoms with Gasteiger partial charge in [0.2, 0.25) is 10.0 Å². The van der Waals surface area contributed by atoms with Gasteiger partial charge in [-0.2, -0.15) is 8.78 Å². The molecule has 5 heterocycles. The number of thiazole rings is 1. The summed E-state index contributed by atoms with van der Waals surface area (Å²) in [7, 11) is -3.79. The summed E-state index contributed by atoms with van der Waals surface area (Å²) in [5, 5.41) is 7.61. The van der Waals surface area contributed by atoms with E-state index in [-0.39, 0.29) is 35.3 Å². The van der Waals surface area contributed by atoms with E-state index < -0.39 is 22.3 Å². The Hall–Kier alpha value is -2.26. The Morgan fingerprint density at radius 1 is 1.24 bits per heavy atom. The molecule has 10 nitrogen and oxygen atoms in total. The van der Waals surface area contributed by atoms with Crippen LogP contribution in [0.1, 0.15) is 23.7 Å². The van der Waals surface area contributed by atoms with Crippen LogP contribution in [0.2, 0.25) is 5.02 Å². The van der Waals surface area contributed by atoms with Gasteiger partial charge in [0.15, 0.2) is 0 Å². The molecule has 2 atom stereocenters. The van der Waals surface area contributed by atoms with Crippen molar-refractivity contribution in [3.05, 3.63) is 40.6 Å². The number of halogens is 3. The number of rotatable bonds is 9. The minimum atomic E-state index is -3.79. The first-order chi connectivity index (χ1) is 16.3. The van der Waals surface area contributed by atoms with Gasteiger partial charge in [-0.05, 0) is 12.5 Å². The molecule has 2 unspecified atom stereocenters. The van der Waals surface area contributed by atoms with Gasteiger partial charge in [-0.3, -0.25) is 14.2 Å². The van der Waals surface area contributed by atoms with Crippen molar-refractivity contribution >= 4 is 38.6 Å². The number of pyridine rings is 1. The van der Waals surface area contributed by atoms with Crippen LogP contribution in [0.15, 0.2) is 29.1 Å². The van der Waals surface area contributed by atoms with Gasteiger partial charge >= 0.3 is 6.43 Å². The van der Waals surface area contributed by atoms with Crippen LogP contribution in [0, 0.1) is 0 Å². The average molecular weight is 533 g/mol. The molecule has 0 aliphatic carbocycles. The van der Waals surface area contributed by atoms with Crippen molar-refractivity contribution in [2.45, 2.75) is 31.5 Å². The Bertz CT molecular complexity index is 1260. The molecule has 0 radical (unpaired) electrons. The molecule has 0 N–H and O–H groups in total. The van der Waals surface area contributed by atoms with Gasteiger partial charge in [0.1, 0.15) is 9.88 Å². The minimum Gasteiger partial charge on any atom is -0.414 e. The fraction of sp³-hybridized carbons (Fsp3) is 0.474. The number of aromatic nitrogens is 4. The molecule has 0 spiro atoms. The second kappa shape index (κ2) is 9.41. The molecule has 0 aromatic carbocycles. The summed E-state index contributed by atoms with van der Waals surface area (Å²) >= 11 is 7.14. The largest absolute Gasteiger partial charge is 0.414 e. The third-order valence-electron chi connectivity index (χ3n) is 5.69. The number of ether oxygens (including phenoxy) is 1. The van der Waals surface area contributed by atoms with Gasteiger partial charge in [-0.25, -0.2) is 13.4 Å². The molecule has 2 aliphatic heterocycles. The molecule has 15 heteroatoms. The molecule has 5 rings (SSSR count). The van der Waals surface area contributed by atoms with Crippen LogP contribution < -0.4 is 4.31 Å². The van der Waals surface area contributed by atoms with Crippen molar-refractivity contribution < 1.29 is 26.4 Å². The molecule has 34 heavy (non-hydrogen) atoms. The smallest absolute Gasteiger partial charge is 0.314 e. The summed E-state index contributed by atoms with van der Waals surface area (Å²) < 4.78 is 64.0. The molecule has 3 aromatic rings. The molecule has 182 valence electrons. The van der Waals surface area contributed by atoms with Gasteiger partial charge in [0.05, 0.1) is 48.6 Å². The van der Waals surface area contributed by atoms with E-state index >= 15 is 0 Å². The normalized spacial score (nSPS) is 20.5. The number of hydrogen-bond acceptors (Lipinski definition) is 10. The molecule has 3 aromatic heterocycles. The monoisotopic (exact) mass is 532 g/mol. The molecule has 0 amide bonds. The number of morpholine rings is 1. The van der Waals surface area contributed by atoms with Crippen molar-refractivity contribution in [3.8, 4) is 10.8 Å². The van der Waals surface area contributed by atoms with Crippen molar-refractivity contribution in [1.82, 2.24) is 25.1 Å². The van der Waals surface area contributed by atoms with Crippen molar-refractivity contribution in [1.29, 1.82) is 0 Å². The van der Waals surface area contributed by atoms with E-state index in [0.717, 1.165) is 17.8 Å². The number of anilines is 1. The Morgan fingerprint density at radius 2 is 2.03 bits per heavy atom. The third-order valence-corrected chi connectivity index (χ3v) is 8.58. The highest BCUT2D eigenvalue weighted by molar-refractivity contribution is 7.92. The SMILES string of the molecule is O=S(=O)(CCN1C2COCC1C2)N(Cc1ncc(-c2nnc(C(F)F)o2)s1)c1cncc(Cl)c1. The summed E-state index contributed by atoms with van der Waals surface area (Å²) in [6.45, 7) is 1.51. The maximum absolute atomic E-state index is 13.4. The molecule has 2 fully saturated rings. The lowest BCUT2D eigenvalue weighted by atomic mass is 9.92. The lowest BCUT2D eigenvalue weighted by molar-refractivity contribution is -0.123. The van der Waals surface area contributed by atoms with Gasteiger partial charge in [-0.15, -0.1) is 21.5 Å². The zero-order valence-corrected chi connectivity index (χ0v) is 19.9. The molecule has 2 aliphatic rings. The molecular formula is C19H19ClF2N6O4S2. The van der Waals surface area contributed by atoms with Crippen LogP contribution in [0.5, 0.6) is 0 Å². The Labute approximate surface area is 202 Å². The molecular weight excluding hydrogens is 514 g/mol. The Balaban J connectivity index is 1.36. The molecule has 0 saturated carbocycles. The fourth-order valence-corrected chi connectivity index (χ4v) is 6.50. The van der Waals surface area contributed by atoms with E-state index in [9.17, 15) is 17.2 Å². The zero-order valence-electron chi connectivity index (χ0n) is 17.6. The van der Waals surface area contributed by atoms with E-state index in [1.165, 1.54) is 29.0 Å². The van der Waals surface area contributed by atoms with Gasteiger partial charge < -0.3 is 9.15 Å². The first-order valence-corrected chi connectivity index (χ1v) is 13.1. The van der Waals surface area contributed by atoms with Crippen LogP contribution in [-0.4, -0.2) is 71.1 Å². The highest BCUT2D eigenvalue weighted by atomic mass is 35.5. The zero-order chi connectivity index (χ0) is 23.9. The number of sulfonamides is 1. The highest BCUT2D eigenvalue weighted by Crippen LogP contribution is 2.32. The van der Waals surface area contributed by atoms with Crippen LogP contribution in [0.25, 0.3) is 10.8 Å². The second-order valence-corrected chi connectivity index (χ2v) is 11.4. The van der Waals surface area contributed by atoms with E-state index in [4.69, 9.17) is 20.8 Å². The quantitative estimate of drug-likeness (QED) is 0.410. The third kappa shape index (κ3) is 4.77. The van der Waals surface area contributed by atoms with E-state index in [1.807, 2.05) is 0 Å². The van der Waals surface area contributed by atoms with E-state index in [1.54, 1.807) is 0 Å². The topological polar surface area (TPSA) is 115 Å². The Kier molecular flexibility index (Phi) is 6.50. The van der Waals surface area contributed by atoms with Crippen molar-refractivity contribution in [3.63, 3.8) is 0 Å². The summed E-state index contributed by atoms with van der Waals surface area (Å²) in [6, 6.07) is 2.02. The minimum absolute atomic E-state index is 0.0964. The molecule has 2 bridgehead atoms. The van der Waals surface area contributed by atoms with Crippen LogP contribution in [-0.2, 0) is 21.3 Å². The summed E-state index contributed by atoms with van der Waals surface area (Å²) in [6.07, 6.45) is 2.34. The standard InChI is InChI=1S/C19H19ClF2N6O4S2/c20-11-3-12(6-23-5-11)28(34(29,30)2-1-27-13-4-14(27)10-31-9-13)8-16-24-7-15(33-16)18-25-26-19(32-18)17(21)22/h3,5-7,13-14,17H,1-2,4,8-10H2. The van der Waals surface area contributed by atoms with Crippen LogP contribution in [0.4, 0.5) is 14.5 Å². The lowest BCUT2D eigenvalue weighted by Crippen LogP contribution is -2.64. The van der Waals surface area contributed by atoms with Crippen molar-refractivity contribution in [2.24, 2.45) is 0 Å². The molecule has 2 saturated heterocycles. The predicted molar refractivity (Wildman–Crippen MR) is 119 cm³/mol. The highest BCUT2D eigenvalue weighted by Gasteiger charge is 2.42. The maximum atomic E-state index is 13.4. The maximum Gasteiger partial charge on any atom is 0.314 e. The lowest BCUT2D eigenvalue weighted by Gasteiger charge is -2.52. The number of alkyl halides is 2. The summed E-state index contributed by atoms with van der Waals surface area (Å²) in [5.74, 6) is -1.00. The van der Waals surface area contributed by atoms with Crippen LogP contribution in [0.3, 0.4) is 0 Å².